The first-order chi connectivity index (χ1) is 10.6. The summed E-state index contributed by atoms with van der Waals surface area (Å²) in [6.07, 6.45) is 3.82. The highest BCUT2D eigenvalue weighted by Gasteiger charge is 2.14. The van der Waals surface area contributed by atoms with Crippen molar-refractivity contribution in [1.29, 1.82) is 0 Å². The van der Waals surface area contributed by atoms with Crippen LogP contribution in [0.15, 0.2) is 46.0 Å². The predicted octanol–water partition coefficient (Wildman–Crippen LogP) is 0.719. The molecule has 3 N–H and O–H groups in total. The van der Waals surface area contributed by atoms with Crippen molar-refractivity contribution in [2.75, 3.05) is 5.73 Å². The average Bonchev–Trinajstić information content (AvgIpc) is 2.84. The molecular weight excluding hydrogens is 282 g/mol. The number of hydrogen-bond donors (Lipinski definition) is 2. The molecule has 2 heterocycles. The molecule has 0 aliphatic carbocycles. The number of nitrogens with two attached hydrogens (primary N) is 1. The van der Waals surface area contributed by atoms with Gasteiger partial charge in [-0.1, -0.05) is 42.5 Å². The number of rotatable bonds is 3. The molecule has 0 saturated carbocycles. The molecule has 0 aliphatic heterocycles. The van der Waals surface area contributed by atoms with E-state index in [0.29, 0.717) is 6.54 Å². The van der Waals surface area contributed by atoms with Crippen LogP contribution in [-0.2, 0) is 13.6 Å². The lowest BCUT2D eigenvalue weighted by Gasteiger charge is -2.02. The fraction of sp³-hybridized carbons (Fsp3) is 0.133. The number of aromatic nitrogens is 4. The summed E-state index contributed by atoms with van der Waals surface area (Å²) >= 11 is 0. The van der Waals surface area contributed by atoms with Crippen molar-refractivity contribution in [1.82, 2.24) is 19.1 Å². The zero-order chi connectivity index (χ0) is 15.7. The zero-order valence-corrected chi connectivity index (χ0v) is 12.0. The van der Waals surface area contributed by atoms with Gasteiger partial charge in [0.25, 0.3) is 5.56 Å². The minimum Gasteiger partial charge on any atom is -0.369 e. The van der Waals surface area contributed by atoms with Gasteiger partial charge in [-0.25, -0.2) is 4.79 Å². The van der Waals surface area contributed by atoms with Gasteiger partial charge in [-0.3, -0.25) is 14.3 Å². The van der Waals surface area contributed by atoms with Crippen molar-refractivity contribution < 1.29 is 0 Å². The van der Waals surface area contributed by atoms with E-state index >= 15 is 0 Å². The molecule has 2 aromatic heterocycles. The third-order valence-electron chi connectivity index (χ3n) is 3.43. The van der Waals surface area contributed by atoms with E-state index < -0.39 is 11.2 Å². The Morgan fingerprint density at radius 3 is 2.73 bits per heavy atom. The molecule has 0 atom stereocenters. The average molecular weight is 297 g/mol. The second-order valence-electron chi connectivity index (χ2n) is 4.88. The van der Waals surface area contributed by atoms with Crippen molar-refractivity contribution >= 4 is 23.2 Å². The maximum atomic E-state index is 12.0. The Bertz CT molecular complexity index is 963. The maximum Gasteiger partial charge on any atom is 0.329 e. The second kappa shape index (κ2) is 5.36. The topological polar surface area (TPSA) is 98.7 Å². The molecule has 7 nitrogen and oxygen atoms in total. The van der Waals surface area contributed by atoms with Crippen LogP contribution < -0.4 is 17.0 Å². The molecular formula is C15H15N5O2. The van der Waals surface area contributed by atoms with Crippen LogP contribution in [0.1, 0.15) is 5.56 Å². The number of imidazole rings is 1. The Kier molecular flexibility index (Phi) is 3.38. The van der Waals surface area contributed by atoms with E-state index in [9.17, 15) is 9.59 Å². The number of allylic oxidation sites excluding steroid dienone is 1. The molecule has 1 aromatic carbocycles. The maximum absolute atomic E-state index is 12.0. The van der Waals surface area contributed by atoms with E-state index in [1.54, 1.807) is 4.57 Å². The first-order valence-corrected chi connectivity index (χ1v) is 6.74. The quantitative estimate of drug-likeness (QED) is 0.744. The van der Waals surface area contributed by atoms with Gasteiger partial charge >= 0.3 is 5.69 Å². The number of benzene rings is 1. The number of nitrogens with zero attached hydrogens (tertiary/aromatic N) is 3. The van der Waals surface area contributed by atoms with Crippen LogP contribution in [-0.4, -0.2) is 19.1 Å². The molecule has 3 rings (SSSR count). The highest BCUT2D eigenvalue weighted by Crippen LogP contribution is 2.12. The summed E-state index contributed by atoms with van der Waals surface area (Å²) in [6, 6.07) is 9.78. The molecule has 0 aliphatic rings. The first kappa shape index (κ1) is 13.9. The summed E-state index contributed by atoms with van der Waals surface area (Å²) < 4.78 is 2.84. The number of hydrogen-bond acceptors (Lipinski definition) is 4. The molecule has 0 saturated heterocycles. The molecule has 0 spiro atoms. The van der Waals surface area contributed by atoms with E-state index in [2.05, 4.69) is 9.97 Å². The third kappa shape index (κ3) is 2.32. The number of nitrogen functional groups attached to an aromatic ring is 1. The van der Waals surface area contributed by atoms with Crippen molar-refractivity contribution in [2.24, 2.45) is 7.05 Å². The minimum atomic E-state index is -0.512. The summed E-state index contributed by atoms with van der Waals surface area (Å²) in [5.41, 5.74) is 6.48. The predicted molar refractivity (Wildman–Crippen MR) is 85.5 cm³/mol. The Morgan fingerprint density at radius 2 is 2.00 bits per heavy atom. The lowest BCUT2D eigenvalue weighted by atomic mass is 10.2. The lowest BCUT2D eigenvalue weighted by Crippen LogP contribution is -2.29. The van der Waals surface area contributed by atoms with Crippen LogP contribution in [0.3, 0.4) is 0 Å². The zero-order valence-electron chi connectivity index (χ0n) is 12.0. The molecule has 0 radical (unpaired) electrons. The Balaban J connectivity index is 2.03. The SMILES string of the molecule is Cn1c(=O)[nH]c(=O)c2c1nc(N)n2CC=Cc1ccccc1. The van der Waals surface area contributed by atoms with Crippen LogP contribution in [0, 0.1) is 0 Å². The Labute approximate surface area is 125 Å². The smallest absolute Gasteiger partial charge is 0.329 e. The van der Waals surface area contributed by atoms with E-state index in [0.717, 1.165) is 5.56 Å². The summed E-state index contributed by atoms with van der Waals surface area (Å²) in [6.45, 7) is 0.387. The Morgan fingerprint density at radius 1 is 1.27 bits per heavy atom. The second-order valence-corrected chi connectivity index (χ2v) is 4.88. The van der Waals surface area contributed by atoms with Gasteiger partial charge in [-0.05, 0) is 5.56 Å². The minimum absolute atomic E-state index is 0.194. The van der Waals surface area contributed by atoms with Gasteiger partial charge in [0.1, 0.15) is 0 Å². The number of fused-ring (bicyclic) bond motifs is 1. The fourth-order valence-electron chi connectivity index (χ4n) is 2.29. The van der Waals surface area contributed by atoms with Gasteiger partial charge in [0.05, 0.1) is 0 Å². The number of aryl methyl sites for hydroxylation is 1. The molecule has 3 aromatic rings. The van der Waals surface area contributed by atoms with Crippen LogP contribution in [0.25, 0.3) is 17.2 Å². The highest BCUT2D eigenvalue weighted by atomic mass is 16.2. The molecule has 7 heteroatoms. The summed E-state index contributed by atoms with van der Waals surface area (Å²) in [5, 5.41) is 0. The van der Waals surface area contributed by atoms with E-state index in [-0.39, 0.29) is 17.1 Å². The van der Waals surface area contributed by atoms with Crippen LogP contribution in [0.4, 0.5) is 5.95 Å². The molecule has 22 heavy (non-hydrogen) atoms. The fourth-order valence-corrected chi connectivity index (χ4v) is 2.29. The normalized spacial score (nSPS) is 11.5. The van der Waals surface area contributed by atoms with Crippen LogP contribution >= 0.6 is 0 Å². The van der Waals surface area contributed by atoms with Gasteiger partial charge < -0.3 is 10.3 Å². The van der Waals surface area contributed by atoms with Crippen molar-refractivity contribution in [3.8, 4) is 0 Å². The largest absolute Gasteiger partial charge is 0.369 e. The summed E-state index contributed by atoms with van der Waals surface area (Å²) in [4.78, 5) is 30.0. The van der Waals surface area contributed by atoms with E-state index in [1.165, 1.54) is 11.6 Å². The van der Waals surface area contributed by atoms with Gasteiger partial charge in [-0.2, -0.15) is 4.98 Å². The van der Waals surface area contributed by atoms with Crippen molar-refractivity contribution in [2.45, 2.75) is 6.54 Å². The van der Waals surface area contributed by atoms with Gasteiger partial charge in [-0.15, -0.1) is 0 Å². The number of aromatic amines is 1. The van der Waals surface area contributed by atoms with Crippen molar-refractivity contribution in [3.63, 3.8) is 0 Å². The highest BCUT2D eigenvalue weighted by molar-refractivity contribution is 5.73. The number of nitrogens with one attached hydrogen (secondary N) is 1. The standard InChI is InChI=1S/C15H15N5O2/c1-19-12-11(13(21)18-15(19)22)20(14(16)17-12)9-5-8-10-6-3-2-4-7-10/h2-8H,9H2,1H3,(H2,16,17)(H,18,21,22). The van der Waals surface area contributed by atoms with Gasteiger partial charge in [0.15, 0.2) is 11.2 Å². The molecule has 0 unspecified atom stereocenters. The van der Waals surface area contributed by atoms with Gasteiger partial charge in [0.2, 0.25) is 5.95 Å². The van der Waals surface area contributed by atoms with E-state index in [4.69, 9.17) is 5.73 Å². The molecule has 0 bridgehead atoms. The van der Waals surface area contributed by atoms with Gasteiger partial charge in [0, 0.05) is 13.6 Å². The monoisotopic (exact) mass is 297 g/mol. The third-order valence-corrected chi connectivity index (χ3v) is 3.43. The summed E-state index contributed by atoms with van der Waals surface area (Å²) in [5.74, 6) is 0.194. The number of H-pyrrole nitrogens is 1. The summed E-state index contributed by atoms with van der Waals surface area (Å²) in [7, 11) is 1.54. The lowest BCUT2D eigenvalue weighted by molar-refractivity contribution is 0.821. The van der Waals surface area contributed by atoms with Crippen LogP contribution in [0.2, 0.25) is 0 Å². The molecule has 0 fully saturated rings. The molecule has 0 amide bonds. The Hall–Kier alpha value is -3.09. The van der Waals surface area contributed by atoms with Crippen LogP contribution in [0.5, 0.6) is 0 Å². The number of anilines is 1. The first-order valence-electron chi connectivity index (χ1n) is 6.74. The van der Waals surface area contributed by atoms with E-state index in [1.807, 2.05) is 42.5 Å². The van der Waals surface area contributed by atoms with Crippen molar-refractivity contribution in [3.05, 3.63) is 62.8 Å². The molecule has 112 valence electrons.